The van der Waals surface area contributed by atoms with Crippen molar-refractivity contribution in [3.05, 3.63) is 71.8 Å². The van der Waals surface area contributed by atoms with Crippen LogP contribution in [0.5, 0.6) is 0 Å². The van der Waals surface area contributed by atoms with E-state index in [1.54, 1.807) is 0 Å². The molecule has 0 bridgehead atoms. The van der Waals surface area contributed by atoms with Crippen molar-refractivity contribution in [2.45, 2.75) is 220 Å². The monoisotopic (exact) mass is 949 g/mol. The molecule has 2 aromatic carbocycles. The smallest absolute Gasteiger partial charge is 0.174 e. The van der Waals surface area contributed by atoms with Crippen LogP contribution in [0, 0.1) is 22.7 Å². The van der Waals surface area contributed by atoms with Crippen LogP contribution in [0.1, 0.15) is 197 Å². The van der Waals surface area contributed by atoms with Crippen molar-refractivity contribution >= 4 is 0 Å². The van der Waals surface area contributed by atoms with Crippen LogP contribution in [0.3, 0.4) is 0 Å². The van der Waals surface area contributed by atoms with Gasteiger partial charge in [0.2, 0.25) is 0 Å². The lowest BCUT2D eigenvalue weighted by Crippen LogP contribution is -2.74. The summed E-state index contributed by atoms with van der Waals surface area (Å²) in [5, 5.41) is 4.65. The Labute approximate surface area is 414 Å². The molecule has 2 aromatic rings. The number of ether oxygens (including phenoxy) is 6. The maximum absolute atomic E-state index is 7.02. The molecule has 10 heteroatoms. The second-order valence-corrected chi connectivity index (χ2v) is 22.8. The molecule has 0 N–H and O–H groups in total. The molecule has 386 valence electrons. The Morgan fingerprint density at radius 1 is 0.500 bits per heavy atom. The molecule has 0 saturated carbocycles. The van der Waals surface area contributed by atoms with Gasteiger partial charge < -0.3 is 28.4 Å². The third-order valence-corrected chi connectivity index (χ3v) is 18.5. The number of piperidine rings is 2. The van der Waals surface area contributed by atoms with Gasteiger partial charge in [-0.1, -0.05) is 129 Å². The van der Waals surface area contributed by atoms with Crippen LogP contribution in [0.4, 0.5) is 0 Å². The van der Waals surface area contributed by atoms with E-state index in [0.717, 1.165) is 90.3 Å². The van der Waals surface area contributed by atoms with Crippen molar-refractivity contribution in [3.8, 4) is 0 Å². The first kappa shape index (κ1) is 55.4. The molecule has 4 saturated heterocycles. The molecule has 4 heterocycles. The molecule has 8 atom stereocenters. The zero-order valence-electron chi connectivity index (χ0n) is 45.4. The normalized spacial score (nSPS) is 38.0. The summed E-state index contributed by atoms with van der Waals surface area (Å²) >= 11 is 0. The first-order chi connectivity index (χ1) is 32.4. The highest BCUT2D eigenvalue weighted by Crippen LogP contribution is 2.57. The lowest BCUT2D eigenvalue weighted by Gasteiger charge is -2.64. The molecule has 4 fully saturated rings. The molecular weight excluding hydrogens is 853 g/mol. The van der Waals surface area contributed by atoms with Gasteiger partial charge in [-0.05, 0) is 104 Å². The van der Waals surface area contributed by atoms with Crippen LogP contribution in [0.2, 0.25) is 0 Å². The quantitative estimate of drug-likeness (QED) is 0.100. The SMILES string of the molecule is CCC1(COCCCCCCOCC2(CC)COC3(CC(C)(CC)N(OC(C)c4ccccc4)C(C)(CC)C3C)OC2)COC2(CC(C)(CC)N(OC(C)c3ccccc3)C(C)(CC)C2C)OC1. The van der Waals surface area contributed by atoms with Crippen molar-refractivity contribution in [1.82, 2.24) is 10.1 Å². The highest BCUT2D eigenvalue weighted by Gasteiger charge is 2.65. The number of nitrogens with zero attached hydrogens (tertiary/aromatic N) is 2. The zero-order valence-corrected chi connectivity index (χ0v) is 45.4. The molecule has 0 radical (unpaired) electrons. The fourth-order valence-electron chi connectivity index (χ4n) is 12.0. The summed E-state index contributed by atoms with van der Waals surface area (Å²) in [6.45, 7) is 37.1. The summed E-state index contributed by atoms with van der Waals surface area (Å²) in [6.07, 6.45) is 11.3. The van der Waals surface area contributed by atoms with Crippen LogP contribution in [0.15, 0.2) is 60.7 Å². The van der Waals surface area contributed by atoms with Gasteiger partial charge in [-0.25, -0.2) is 0 Å². The van der Waals surface area contributed by atoms with E-state index in [4.69, 9.17) is 38.1 Å². The van der Waals surface area contributed by atoms with Gasteiger partial charge in [-0.2, -0.15) is 10.1 Å². The van der Waals surface area contributed by atoms with Crippen LogP contribution in [-0.2, 0) is 38.1 Å². The molecule has 6 rings (SSSR count). The largest absolute Gasteiger partial charge is 0.381 e. The molecule has 4 aliphatic rings. The van der Waals surface area contributed by atoms with E-state index in [1.165, 1.54) is 11.1 Å². The van der Waals surface area contributed by atoms with Crippen molar-refractivity contribution in [2.24, 2.45) is 22.7 Å². The summed E-state index contributed by atoms with van der Waals surface area (Å²) in [7, 11) is 0. The second-order valence-electron chi connectivity index (χ2n) is 22.8. The van der Waals surface area contributed by atoms with E-state index < -0.39 is 11.6 Å². The summed E-state index contributed by atoms with van der Waals surface area (Å²) < 4.78 is 40.9. The van der Waals surface area contributed by atoms with Gasteiger partial charge in [0.1, 0.15) is 12.2 Å². The highest BCUT2D eigenvalue weighted by molar-refractivity contribution is 5.19. The average Bonchev–Trinajstić information content (AvgIpc) is 3.37. The van der Waals surface area contributed by atoms with E-state index in [2.05, 4.69) is 168 Å². The van der Waals surface area contributed by atoms with Gasteiger partial charge in [-0.3, -0.25) is 9.68 Å². The third-order valence-electron chi connectivity index (χ3n) is 18.5. The fourth-order valence-corrected chi connectivity index (χ4v) is 12.0. The Hall–Kier alpha value is -1.96. The minimum Gasteiger partial charge on any atom is -0.381 e. The standard InChI is InChI=1S/C58H96N2O8/c1-15-51(11)37-57(47(9)53(13,17-3)59(51)67-45(7)49-31-25-23-26-32-49)63-41-55(19-5,42-64-57)39-61-35-29-21-22-30-36-62-40-56(20-6)43-65-58(66-44-56)38-52(12,16-2)60(54(14,18-4)48(58)10)68-46(8)50-33-27-24-28-34-50/h23-28,31-34,45-48H,15-22,29-30,35-44H2,1-14H3. The fraction of sp³-hybridized carbons (Fsp3) is 0.793. The van der Waals surface area contributed by atoms with Gasteiger partial charge >= 0.3 is 0 Å². The molecule has 0 amide bonds. The van der Waals surface area contributed by atoms with Crippen LogP contribution in [0.25, 0.3) is 0 Å². The summed E-state index contributed by atoms with van der Waals surface area (Å²) in [4.78, 5) is 13.9. The Bertz CT molecular complexity index is 1690. The van der Waals surface area contributed by atoms with Crippen LogP contribution in [-0.4, -0.2) is 96.7 Å². The van der Waals surface area contributed by atoms with Crippen molar-refractivity contribution in [3.63, 3.8) is 0 Å². The molecule has 0 aromatic heterocycles. The number of hydrogen-bond acceptors (Lipinski definition) is 10. The summed E-state index contributed by atoms with van der Waals surface area (Å²) in [5.41, 5.74) is 0.945. The van der Waals surface area contributed by atoms with Crippen molar-refractivity contribution < 1.29 is 38.1 Å². The number of hydrogen-bond donors (Lipinski definition) is 0. The minimum atomic E-state index is -0.677. The Balaban J connectivity index is 0.919. The predicted octanol–water partition coefficient (Wildman–Crippen LogP) is 13.6. The molecule has 10 nitrogen and oxygen atoms in total. The number of benzene rings is 2. The van der Waals surface area contributed by atoms with Gasteiger partial charge in [0, 0.05) is 59.8 Å². The van der Waals surface area contributed by atoms with E-state index in [1.807, 2.05) is 0 Å². The molecule has 68 heavy (non-hydrogen) atoms. The second kappa shape index (κ2) is 22.9. The number of unbranched alkanes of at least 4 members (excludes halogenated alkanes) is 3. The maximum Gasteiger partial charge on any atom is 0.174 e. The van der Waals surface area contributed by atoms with Crippen LogP contribution >= 0.6 is 0 Å². The van der Waals surface area contributed by atoms with E-state index >= 15 is 0 Å². The predicted molar refractivity (Wildman–Crippen MR) is 273 cm³/mol. The first-order valence-corrected chi connectivity index (χ1v) is 27.1. The van der Waals surface area contributed by atoms with Gasteiger partial charge in [0.05, 0.1) is 50.7 Å². The van der Waals surface area contributed by atoms with E-state index in [-0.39, 0.29) is 57.0 Å². The highest BCUT2D eigenvalue weighted by atomic mass is 16.7. The Kier molecular flexibility index (Phi) is 18.6. The Morgan fingerprint density at radius 2 is 0.838 bits per heavy atom. The molecule has 2 spiro atoms. The lowest BCUT2D eigenvalue weighted by atomic mass is 9.66. The van der Waals surface area contributed by atoms with Gasteiger partial charge in [-0.15, -0.1) is 0 Å². The maximum atomic E-state index is 7.02. The van der Waals surface area contributed by atoms with Gasteiger partial charge in [0.25, 0.3) is 0 Å². The topological polar surface area (TPSA) is 80.3 Å². The van der Waals surface area contributed by atoms with E-state index in [0.29, 0.717) is 39.6 Å². The zero-order chi connectivity index (χ0) is 49.5. The van der Waals surface area contributed by atoms with Crippen molar-refractivity contribution in [2.75, 3.05) is 52.9 Å². The number of rotatable bonds is 23. The first-order valence-electron chi connectivity index (χ1n) is 27.1. The van der Waals surface area contributed by atoms with E-state index in [9.17, 15) is 0 Å². The summed E-state index contributed by atoms with van der Waals surface area (Å²) in [6, 6.07) is 21.1. The Morgan fingerprint density at radius 3 is 1.13 bits per heavy atom. The average molecular weight is 949 g/mol. The molecular formula is C58H96N2O8. The molecule has 0 aliphatic carbocycles. The molecule has 4 aliphatic heterocycles. The third kappa shape index (κ3) is 11.2. The van der Waals surface area contributed by atoms with Gasteiger partial charge in [0.15, 0.2) is 11.6 Å². The van der Waals surface area contributed by atoms with Crippen molar-refractivity contribution in [1.29, 1.82) is 0 Å². The summed E-state index contributed by atoms with van der Waals surface area (Å²) in [5.74, 6) is -1.17. The minimum absolute atomic E-state index is 0.0633. The van der Waals surface area contributed by atoms with Crippen LogP contribution < -0.4 is 0 Å². The molecule has 8 unspecified atom stereocenters. The lowest BCUT2D eigenvalue weighted by molar-refractivity contribution is -0.418. The number of hydroxylamine groups is 4.